The molecule has 1 unspecified atom stereocenters. The molecule has 10 nitrogen and oxygen atoms in total. The van der Waals surface area contributed by atoms with Gasteiger partial charge >= 0.3 is 32.0 Å². The van der Waals surface area contributed by atoms with E-state index in [-0.39, 0.29) is 42.3 Å². The van der Waals surface area contributed by atoms with Crippen LogP contribution in [0.1, 0.15) is 31.7 Å². The number of benzene rings is 1. The Morgan fingerprint density at radius 2 is 1.28 bits per heavy atom. The monoisotopic (exact) mass is 700 g/mol. The summed E-state index contributed by atoms with van der Waals surface area (Å²) >= 11 is 0. The molecule has 1 atom stereocenters. The minimum Gasteiger partial charge on any atom is -0.343 e. The van der Waals surface area contributed by atoms with Crippen LogP contribution >= 0.6 is 0 Å². The number of rotatable bonds is 11. The largest absolute Gasteiger partial charge is 0.512 e. The second kappa shape index (κ2) is 11.6. The zero-order valence-corrected chi connectivity index (χ0v) is 24.4. The van der Waals surface area contributed by atoms with Crippen molar-refractivity contribution in [1.29, 1.82) is 0 Å². The molecule has 1 aromatic carbocycles. The molecule has 2 saturated heterocycles. The molecular formula is C21H25F9N2O8S3. The molecular weight excluding hydrogens is 675 g/mol. The molecule has 3 rings (SSSR count). The van der Waals surface area contributed by atoms with Crippen LogP contribution in [-0.4, -0.2) is 88.1 Å². The summed E-state index contributed by atoms with van der Waals surface area (Å²) in [6.07, 6.45) is -0.0599. The number of nitrogens with zero attached hydrogens (tertiary/aromatic N) is 2. The van der Waals surface area contributed by atoms with E-state index in [1.807, 2.05) is 0 Å². The average Bonchev–Trinajstić information content (AvgIpc) is 3.42. The van der Waals surface area contributed by atoms with E-state index in [0.717, 1.165) is 6.92 Å². The van der Waals surface area contributed by atoms with Gasteiger partial charge in [0.1, 0.15) is 0 Å². The van der Waals surface area contributed by atoms with Crippen molar-refractivity contribution in [3.05, 3.63) is 35.9 Å². The number of halogens is 9. The maximum Gasteiger partial charge on any atom is 0.512 e. The van der Waals surface area contributed by atoms with Gasteiger partial charge in [0.2, 0.25) is 0 Å². The normalized spacial score (nSPS) is 20.8. The average molecular weight is 701 g/mol. The van der Waals surface area contributed by atoms with Gasteiger partial charge in [-0.3, -0.25) is 0 Å². The summed E-state index contributed by atoms with van der Waals surface area (Å²) in [6, 6.07) is 6.52. The van der Waals surface area contributed by atoms with Crippen LogP contribution in [0.3, 0.4) is 0 Å². The summed E-state index contributed by atoms with van der Waals surface area (Å²) in [5, 5.41) is -14.4. The molecule has 0 spiro atoms. The lowest BCUT2D eigenvalue weighted by atomic mass is 9.93. The molecule has 1 aromatic rings. The highest BCUT2D eigenvalue weighted by molar-refractivity contribution is 8.05. The Hall–Kier alpha value is -1.72. The van der Waals surface area contributed by atoms with Crippen LogP contribution in [-0.2, 0) is 45.3 Å². The molecule has 248 valence electrons. The van der Waals surface area contributed by atoms with Crippen molar-refractivity contribution in [3.8, 4) is 0 Å². The van der Waals surface area contributed by atoms with Gasteiger partial charge < -0.3 is 9.47 Å². The minimum atomic E-state index is -8.04. The molecule has 0 amide bonds. The van der Waals surface area contributed by atoms with Crippen LogP contribution in [0, 0.1) is 5.92 Å². The Kier molecular flexibility index (Phi) is 9.62. The van der Waals surface area contributed by atoms with Crippen molar-refractivity contribution in [2.45, 2.75) is 53.9 Å². The van der Waals surface area contributed by atoms with E-state index in [4.69, 9.17) is 9.47 Å². The molecule has 2 aliphatic rings. The lowest BCUT2D eigenvalue weighted by Gasteiger charge is -2.39. The molecule has 43 heavy (non-hydrogen) atoms. The Labute approximate surface area is 240 Å². The molecule has 0 radical (unpaired) electrons. The van der Waals surface area contributed by atoms with Gasteiger partial charge in [-0.1, -0.05) is 47.4 Å². The fraction of sp³-hybridized carbons (Fsp3) is 0.714. The van der Waals surface area contributed by atoms with Crippen LogP contribution in [0.2, 0.25) is 0 Å². The van der Waals surface area contributed by atoms with Gasteiger partial charge in [-0.15, -0.1) is 0 Å². The predicted molar refractivity (Wildman–Crippen MR) is 129 cm³/mol. The number of hydrogen-bond acceptors (Lipinski definition) is 8. The van der Waals surface area contributed by atoms with Crippen LogP contribution in [0.15, 0.2) is 30.3 Å². The van der Waals surface area contributed by atoms with Gasteiger partial charge in [0, 0.05) is 31.1 Å². The van der Waals surface area contributed by atoms with E-state index >= 15 is 8.78 Å². The molecule has 0 N–H and O–H groups in total. The SMILES string of the molecule is CC(CN(S(=O)(=O)C(F)(F)F)S(=O)(=O)C(F)(F)C(F)(F)C(F)(F)S(=O)(=O)N1CCCCC1)C1(c2ccccc2)OCCO1. The van der Waals surface area contributed by atoms with E-state index < -0.39 is 87.1 Å². The molecule has 0 aromatic heterocycles. The van der Waals surface area contributed by atoms with Crippen LogP contribution in [0.4, 0.5) is 39.5 Å². The van der Waals surface area contributed by atoms with Crippen molar-refractivity contribution in [2.24, 2.45) is 5.92 Å². The van der Waals surface area contributed by atoms with Gasteiger partial charge in [0.15, 0.2) is 5.79 Å². The van der Waals surface area contributed by atoms with E-state index in [1.165, 1.54) is 30.3 Å². The molecule has 0 bridgehead atoms. The van der Waals surface area contributed by atoms with Gasteiger partial charge in [-0.05, 0) is 12.8 Å². The smallest absolute Gasteiger partial charge is 0.343 e. The van der Waals surface area contributed by atoms with Crippen LogP contribution < -0.4 is 0 Å². The third kappa shape index (κ3) is 5.64. The summed E-state index contributed by atoms with van der Waals surface area (Å²) < 4.78 is 214. The minimum absolute atomic E-state index is 0.0852. The number of piperidine rings is 1. The topological polar surface area (TPSA) is 127 Å². The molecule has 0 saturated carbocycles. The van der Waals surface area contributed by atoms with Gasteiger partial charge in [0.25, 0.3) is 20.0 Å². The Bertz CT molecular complexity index is 1480. The van der Waals surface area contributed by atoms with E-state index in [2.05, 4.69) is 0 Å². The number of sulfonamides is 3. The van der Waals surface area contributed by atoms with E-state index in [9.17, 15) is 56.0 Å². The Morgan fingerprint density at radius 3 is 1.74 bits per heavy atom. The first-order valence-corrected chi connectivity index (χ1v) is 16.6. The standard InChI is InChI=1S/C21H25F9N2O8S3/c1-15(17(39-12-13-40-17)16-8-4-2-5-9-16)14-32(43(37,38)21(28,29)30)42(35,36)20(26,27)18(22,23)19(24,25)41(33,34)31-10-6-3-7-11-31/h2,4-5,8-9,15H,3,6-7,10-14H2,1H3. The van der Waals surface area contributed by atoms with Crippen molar-refractivity contribution < 1.29 is 74.2 Å². The first-order chi connectivity index (χ1) is 19.4. The first kappa shape index (κ1) is 35.8. The lowest BCUT2D eigenvalue weighted by Crippen LogP contribution is -2.66. The zero-order valence-electron chi connectivity index (χ0n) is 21.9. The molecule has 2 aliphatic heterocycles. The maximum absolute atomic E-state index is 15.2. The van der Waals surface area contributed by atoms with Crippen molar-refractivity contribution in [1.82, 2.24) is 8.02 Å². The van der Waals surface area contributed by atoms with Crippen molar-refractivity contribution in [3.63, 3.8) is 0 Å². The lowest BCUT2D eigenvalue weighted by molar-refractivity contribution is -0.246. The summed E-state index contributed by atoms with van der Waals surface area (Å²) in [4.78, 5) is 0. The summed E-state index contributed by atoms with van der Waals surface area (Å²) in [6.45, 7) is -3.80. The predicted octanol–water partition coefficient (Wildman–Crippen LogP) is 3.64. The van der Waals surface area contributed by atoms with Crippen LogP contribution in [0.5, 0.6) is 0 Å². The number of alkyl halides is 9. The number of hydrogen-bond donors (Lipinski definition) is 0. The fourth-order valence-electron chi connectivity index (χ4n) is 4.51. The summed E-state index contributed by atoms with van der Waals surface area (Å²) in [7, 11) is -22.4. The second-order valence-corrected chi connectivity index (χ2v) is 15.6. The van der Waals surface area contributed by atoms with E-state index in [1.54, 1.807) is 0 Å². The first-order valence-electron chi connectivity index (χ1n) is 12.2. The summed E-state index contributed by atoms with van der Waals surface area (Å²) in [5.41, 5.74) is -6.83. The van der Waals surface area contributed by atoms with Gasteiger partial charge in [-0.25, -0.2) is 25.3 Å². The molecule has 2 heterocycles. The third-order valence-corrected chi connectivity index (χ3v) is 12.8. The second-order valence-electron chi connectivity index (χ2n) is 9.62. The summed E-state index contributed by atoms with van der Waals surface area (Å²) in [5.74, 6) is -11.8. The highest BCUT2D eigenvalue weighted by atomic mass is 32.3. The fourth-order valence-corrected chi connectivity index (χ4v) is 9.43. The zero-order chi connectivity index (χ0) is 32.9. The maximum atomic E-state index is 15.2. The quantitative estimate of drug-likeness (QED) is 0.321. The highest BCUT2D eigenvalue weighted by Crippen LogP contribution is 2.53. The van der Waals surface area contributed by atoms with Crippen LogP contribution in [0.25, 0.3) is 0 Å². The van der Waals surface area contributed by atoms with Gasteiger partial charge in [0.05, 0.1) is 13.2 Å². The number of ether oxygens (including phenoxy) is 2. The highest BCUT2D eigenvalue weighted by Gasteiger charge is 2.84. The van der Waals surface area contributed by atoms with Crippen molar-refractivity contribution in [2.75, 3.05) is 32.8 Å². The molecule has 2 fully saturated rings. The molecule has 0 aliphatic carbocycles. The third-order valence-electron chi connectivity index (χ3n) is 6.83. The molecule has 22 heteroatoms. The Morgan fingerprint density at radius 1 is 0.791 bits per heavy atom. The van der Waals surface area contributed by atoms with Gasteiger partial charge in [-0.2, -0.15) is 43.8 Å². The van der Waals surface area contributed by atoms with Crippen molar-refractivity contribution >= 4 is 30.1 Å². The van der Waals surface area contributed by atoms with E-state index in [0.29, 0.717) is 0 Å². The Balaban J connectivity index is 2.16.